The first-order valence-electron chi connectivity index (χ1n) is 9.23. The number of halogens is 1. The molecule has 1 aromatic carbocycles. The maximum absolute atomic E-state index is 12.8. The minimum absolute atomic E-state index is 0.0964. The summed E-state index contributed by atoms with van der Waals surface area (Å²) < 4.78 is 28.6. The van der Waals surface area contributed by atoms with E-state index < -0.39 is 15.9 Å². The zero-order valence-electron chi connectivity index (χ0n) is 16.2. The van der Waals surface area contributed by atoms with Gasteiger partial charge < -0.3 is 15.2 Å². The Morgan fingerprint density at radius 3 is 2.38 bits per heavy atom. The molecule has 2 N–H and O–H groups in total. The van der Waals surface area contributed by atoms with Crippen LogP contribution >= 0.6 is 11.6 Å². The van der Waals surface area contributed by atoms with Crippen molar-refractivity contribution >= 4 is 44.8 Å². The van der Waals surface area contributed by atoms with Crippen LogP contribution in [0.2, 0.25) is 5.02 Å². The van der Waals surface area contributed by atoms with Crippen LogP contribution in [-0.2, 0) is 21.9 Å². The lowest BCUT2D eigenvalue weighted by Gasteiger charge is -2.25. The fraction of sp³-hybridized carbons (Fsp3) is 0.368. The van der Waals surface area contributed by atoms with Crippen molar-refractivity contribution in [3.05, 3.63) is 41.2 Å². The van der Waals surface area contributed by atoms with E-state index in [0.29, 0.717) is 24.5 Å². The zero-order valence-corrected chi connectivity index (χ0v) is 17.8. The quantitative estimate of drug-likeness (QED) is 0.749. The molecule has 1 fully saturated rings. The molecule has 29 heavy (non-hydrogen) atoms. The van der Waals surface area contributed by atoms with Crippen LogP contribution in [0.5, 0.6) is 0 Å². The summed E-state index contributed by atoms with van der Waals surface area (Å²) in [6.07, 6.45) is 4.15. The Morgan fingerprint density at radius 1 is 1.07 bits per heavy atom. The SMILES string of the molecule is CC(=O)Nc1ccc(NC(=O)c2cc(S(=O)(=O)N3CCCCC3)cn2C)c(Cl)c1. The maximum Gasteiger partial charge on any atom is 0.272 e. The molecule has 0 spiro atoms. The fourth-order valence-electron chi connectivity index (χ4n) is 3.24. The van der Waals surface area contributed by atoms with Crippen molar-refractivity contribution in [2.45, 2.75) is 31.1 Å². The van der Waals surface area contributed by atoms with Crippen LogP contribution in [0.1, 0.15) is 36.7 Å². The molecule has 1 saturated heterocycles. The molecule has 1 aliphatic heterocycles. The Bertz CT molecular complexity index is 1040. The average molecular weight is 439 g/mol. The van der Waals surface area contributed by atoms with Gasteiger partial charge in [-0.1, -0.05) is 18.0 Å². The number of sulfonamides is 1. The van der Waals surface area contributed by atoms with Crippen molar-refractivity contribution in [3.8, 4) is 0 Å². The Kier molecular flexibility index (Phi) is 6.30. The molecule has 0 bridgehead atoms. The zero-order chi connectivity index (χ0) is 21.2. The van der Waals surface area contributed by atoms with Gasteiger partial charge in [-0.3, -0.25) is 9.59 Å². The van der Waals surface area contributed by atoms with E-state index in [9.17, 15) is 18.0 Å². The van der Waals surface area contributed by atoms with Crippen LogP contribution in [0, 0.1) is 0 Å². The van der Waals surface area contributed by atoms with E-state index in [1.54, 1.807) is 19.2 Å². The third-order valence-corrected chi connectivity index (χ3v) is 6.88. The van der Waals surface area contributed by atoms with E-state index >= 15 is 0 Å². The van der Waals surface area contributed by atoms with Crippen LogP contribution in [0.25, 0.3) is 0 Å². The van der Waals surface area contributed by atoms with Gasteiger partial charge in [-0.05, 0) is 37.1 Å². The number of anilines is 2. The van der Waals surface area contributed by atoms with Gasteiger partial charge in [0.1, 0.15) is 10.6 Å². The maximum atomic E-state index is 12.8. The number of aromatic nitrogens is 1. The van der Waals surface area contributed by atoms with Crippen molar-refractivity contribution in [2.75, 3.05) is 23.7 Å². The Morgan fingerprint density at radius 2 is 1.76 bits per heavy atom. The van der Waals surface area contributed by atoms with E-state index in [4.69, 9.17) is 11.6 Å². The Labute approximate surface area is 174 Å². The molecular formula is C19H23ClN4O4S. The number of nitrogens with zero attached hydrogens (tertiary/aromatic N) is 2. The van der Waals surface area contributed by atoms with E-state index in [0.717, 1.165) is 19.3 Å². The van der Waals surface area contributed by atoms with Crippen LogP contribution in [0.4, 0.5) is 11.4 Å². The summed E-state index contributed by atoms with van der Waals surface area (Å²) >= 11 is 6.19. The molecule has 0 radical (unpaired) electrons. The molecule has 0 atom stereocenters. The lowest BCUT2D eigenvalue weighted by Crippen LogP contribution is -2.35. The van der Waals surface area contributed by atoms with Crippen LogP contribution in [-0.4, -0.2) is 42.2 Å². The van der Waals surface area contributed by atoms with Crippen molar-refractivity contribution < 1.29 is 18.0 Å². The van der Waals surface area contributed by atoms with Gasteiger partial charge in [-0.25, -0.2) is 8.42 Å². The molecule has 156 valence electrons. The standard InChI is InChI=1S/C19H23ClN4O4S/c1-13(25)21-14-6-7-17(16(20)10-14)22-19(26)18-11-15(12-23(18)2)29(27,28)24-8-4-3-5-9-24/h6-7,10-12H,3-5,8-9H2,1-2H3,(H,21,25)(H,22,26). The predicted octanol–water partition coefficient (Wildman–Crippen LogP) is 3.06. The normalized spacial score (nSPS) is 15.1. The summed E-state index contributed by atoms with van der Waals surface area (Å²) in [6, 6.07) is 6.08. The molecule has 1 aromatic heterocycles. The first kappa shape index (κ1) is 21.4. The number of carbonyl (C=O) groups is 2. The molecule has 1 aliphatic rings. The number of rotatable bonds is 5. The summed E-state index contributed by atoms with van der Waals surface area (Å²) in [7, 11) is -2.01. The molecule has 0 saturated carbocycles. The molecule has 3 rings (SSSR count). The van der Waals surface area contributed by atoms with E-state index in [1.165, 1.54) is 34.1 Å². The van der Waals surface area contributed by atoms with E-state index in [2.05, 4.69) is 10.6 Å². The smallest absolute Gasteiger partial charge is 0.272 e. The highest BCUT2D eigenvalue weighted by molar-refractivity contribution is 7.89. The van der Waals surface area contributed by atoms with Crippen molar-refractivity contribution in [3.63, 3.8) is 0 Å². The highest BCUT2D eigenvalue weighted by Gasteiger charge is 2.28. The van der Waals surface area contributed by atoms with Crippen LogP contribution < -0.4 is 10.6 Å². The molecule has 2 amide bonds. The summed E-state index contributed by atoms with van der Waals surface area (Å²) in [6.45, 7) is 2.37. The van der Waals surface area contributed by atoms with E-state index in [-0.39, 0.29) is 21.5 Å². The number of nitrogens with one attached hydrogen (secondary N) is 2. The molecule has 2 heterocycles. The minimum Gasteiger partial charge on any atom is -0.345 e. The molecule has 0 aliphatic carbocycles. The van der Waals surface area contributed by atoms with Crippen molar-refractivity contribution in [1.82, 2.24) is 8.87 Å². The fourth-order valence-corrected chi connectivity index (χ4v) is 5.06. The second kappa shape index (κ2) is 8.56. The predicted molar refractivity (Wildman–Crippen MR) is 112 cm³/mol. The van der Waals surface area contributed by atoms with Crippen molar-refractivity contribution in [1.29, 1.82) is 0 Å². The molecule has 2 aromatic rings. The van der Waals surface area contributed by atoms with Gasteiger partial charge in [-0.2, -0.15) is 4.31 Å². The van der Waals surface area contributed by atoms with Crippen LogP contribution in [0.15, 0.2) is 35.4 Å². The summed E-state index contributed by atoms with van der Waals surface area (Å²) in [5.74, 6) is -0.717. The minimum atomic E-state index is -3.63. The largest absolute Gasteiger partial charge is 0.345 e. The monoisotopic (exact) mass is 438 g/mol. The second-order valence-electron chi connectivity index (χ2n) is 6.97. The summed E-state index contributed by atoms with van der Waals surface area (Å²) in [5, 5.41) is 5.54. The number of carbonyl (C=O) groups excluding carboxylic acids is 2. The number of hydrogen-bond donors (Lipinski definition) is 2. The van der Waals surface area contributed by atoms with Gasteiger partial charge in [0.25, 0.3) is 5.91 Å². The number of amides is 2. The van der Waals surface area contributed by atoms with Crippen molar-refractivity contribution in [2.24, 2.45) is 7.05 Å². The molecular weight excluding hydrogens is 416 g/mol. The first-order chi connectivity index (χ1) is 13.7. The van der Waals surface area contributed by atoms with Gasteiger partial charge in [0.15, 0.2) is 0 Å². The number of piperidine rings is 1. The van der Waals surface area contributed by atoms with Crippen LogP contribution in [0.3, 0.4) is 0 Å². The average Bonchev–Trinajstić information content (AvgIpc) is 3.07. The third kappa shape index (κ3) is 4.80. The number of hydrogen-bond acceptors (Lipinski definition) is 4. The number of benzene rings is 1. The molecule has 10 heteroatoms. The summed E-state index contributed by atoms with van der Waals surface area (Å²) in [4.78, 5) is 23.9. The highest BCUT2D eigenvalue weighted by Crippen LogP contribution is 2.27. The first-order valence-corrected chi connectivity index (χ1v) is 11.1. The topological polar surface area (TPSA) is 101 Å². The Balaban J connectivity index is 1.79. The molecule has 8 nitrogen and oxygen atoms in total. The molecule has 0 unspecified atom stereocenters. The lowest BCUT2D eigenvalue weighted by molar-refractivity contribution is -0.114. The number of aryl methyl sites for hydroxylation is 1. The van der Waals surface area contributed by atoms with E-state index in [1.807, 2.05) is 0 Å². The lowest BCUT2D eigenvalue weighted by atomic mass is 10.2. The van der Waals surface area contributed by atoms with Gasteiger partial charge in [0.05, 0.1) is 10.7 Å². The third-order valence-electron chi connectivity index (χ3n) is 4.70. The van der Waals surface area contributed by atoms with Gasteiger partial charge in [-0.15, -0.1) is 0 Å². The second-order valence-corrected chi connectivity index (χ2v) is 9.31. The van der Waals surface area contributed by atoms with Gasteiger partial charge in [0, 0.05) is 38.9 Å². The summed E-state index contributed by atoms with van der Waals surface area (Å²) in [5.41, 5.74) is 1.06. The Hall–Kier alpha value is -2.36. The van der Waals surface area contributed by atoms with Gasteiger partial charge in [0.2, 0.25) is 15.9 Å². The van der Waals surface area contributed by atoms with Gasteiger partial charge >= 0.3 is 0 Å². The highest BCUT2D eigenvalue weighted by atomic mass is 35.5.